The number of piperidine rings is 1. The standard InChI is InChI=1S/C19H26ClN5O4/c20-15-6-5-12(23-15)18(28)25-14(8-10-3-4-10)19(29)24-13(16(21)26)9-11-2-1-7-22-17(11)27/h5-6,10-11,13-14,23H,1-4,7-9H2,(H2,21,26)(H,22,27)(H,24,29)(H,25,28)/t11-,13?,14?/m0/s1. The minimum atomic E-state index is -0.977. The van der Waals surface area contributed by atoms with Crippen LogP contribution in [0.15, 0.2) is 12.1 Å². The number of H-pyrrole nitrogens is 1. The molecule has 3 rings (SSSR count). The van der Waals surface area contributed by atoms with E-state index in [0.29, 0.717) is 30.5 Å². The molecule has 1 saturated carbocycles. The number of aromatic nitrogens is 1. The molecule has 4 amide bonds. The molecule has 2 fully saturated rings. The van der Waals surface area contributed by atoms with Gasteiger partial charge in [-0.1, -0.05) is 24.4 Å². The van der Waals surface area contributed by atoms with Gasteiger partial charge in [-0.25, -0.2) is 0 Å². The number of nitrogens with one attached hydrogen (secondary N) is 4. The zero-order valence-corrected chi connectivity index (χ0v) is 16.8. The van der Waals surface area contributed by atoms with Gasteiger partial charge in [-0.05, 0) is 43.7 Å². The molecule has 2 unspecified atom stereocenters. The summed E-state index contributed by atoms with van der Waals surface area (Å²) >= 11 is 5.81. The Morgan fingerprint density at radius 3 is 2.48 bits per heavy atom. The summed E-state index contributed by atoms with van der Waals surface area (Å²) in [4.78, 5) is 51.9. The van der Waals surface area contributed by atoms with Gasteiger partial charge in [0.25, 0.3) is 5.91 Å². The summed E-state index contributed by atoms with van der Waals surface area (Å²) in [6.07, 6.45) is 4.06. The quantitative estimate of drug-likeness (QED) is 0.392. The highest BCUT2D eigenvalue weighted by Crippen LogP contribution is 2.33. The van der Waals surface area contributed by atoms with E-state index in [0.717, 1.165) is 19.3 Å². The summed E-state index contributed by atoms with van der Waals surface area (Å²) < 4.78 is 0. The minimum Gasteiger partial charge on any atom is -0.368 e. The fourth-order valence-corrected chi connectivity index (χ4v) is 3.68. The van der Waals surface area contributed by atoms with E-state index in [4.69, 9.17) is 17.3 Å². The molecule has 10 heteroatoms. The van der Waals surface area contributed by atoms with Gasteiger partial charge in [0.2, 0.25) is 17.7 Å². The van der Waals surface area contributed by atoms with Crippen molar-refractivity contribution in [2.24, 2.45) is 17.6 Å². The maximum Gasteiger partial charge on any atom is 0.268 e. The summed E-state index contributed by atoms with van der Waals surface area (Å²) in [5.74, 6) is -1.80. The SMILES string of the molecule is NC(=O)C(C[C@@H]1CCCNC1=O)NC(=O)C(CC1CC1)NC(=O)c1ccc(Cl)[nH]1. The molecule has 0 spiro atoms. The topological polar surface area (TPSA) is 146 Å². The zero-order chi connectivity index (χ0) is 21.0. The molecule has 1 saturated heterocycles. The van der Waals surface area contributed by atoms with E-state index in [1.807, 2.05) is 0 Å². The van der Waals surface area contributed by atoms with Crippen molar-refractivity contribution in [1.82, 2.24) is 20.9 Å². The highest BCUT2D eigenvalue weighted by atomic mass is 35.5. The second-order valence-corrected chi connectivity index (χ2v) is 8.16. The van der Waals surface area contributed by atoms with Gasteiger partial charge in [-0.2, -0.15) is 0 Å². The average Bonchev–Trinajstić information content (AvgIpc) is 3.39. The van der Waals surface area contributed by atoms with Gasteiger partial charge >= 0.3 is 0 Å². The van der Waals surface area contributed by atoms with Crippen molar-refractivity contribution >= 4 is 35.2 Å². The van der Waals surface area contributed by atoms with E-state index >= 15 is 0 Å². The Morgan fingerprint density at radius 2 is 1.90 bits per heavy atom. The van der Waals surface area contributed by atoms with Crippen LogP contribution in [0.5, 0.6) is 0 Å². The molecule has 0 radical (unpaired) electrons. The Bertz CT molecular complexity index is 791. The second kappa shape index (κ2) is 9.30. The van der Waals surface area contributed by atoms with Gasteiger partial charge < -0.3 is 26.7 Å². The lowest BCUT2D eigenvalue weighted by atomic mass is 9.91. The van der Waals surface area contributed by atoms with E-state index in [2.05, 4.69) is 20.9 Å². The van der Waals surface area contributed by atoms with Crippen LogP contribution in [0.25, 0.3) is 0 Å². The van der Waals surface area contributed by atoms with E-state index in [-0.39, 0.29) is 23.9 Å². The lowest BCUT2D eigenvalue weighted by molar-refractivity contribution is -0.131. The summed E-state index contributed by atoms with van der Waals surface area (Å²) in [6.45, 7) is 0.612. The van der Waals surface area contributed by atoms with Crippen molar-refractivity contribution in [3.8, 4) is 0 Å². The van der Waals surface area contributed by atoms with Crippen molar-refractivity contribution < 1.29 is 19.2 Å². The Kier molecular flexibility index (Phi) is 6.79. The van der Waals surface area contributed by atoms with Crippen molar-refractivity contribution in [3.05, 3.63) is 23.0 Å². The number of hydrogen-bond donors (Lipinski definition) is 5. The summed E-state index contributed by atoms with van der Waals surface area (Å²) in [6, 6.07) is 1.29. The lowest BCUT2D eigenvalue weighted by Crippen LogP contribution is -2.54. The number of nitrogens with two attached hydrogens (primary N) is 1. The first-order valence-corrected chi connectivity index (χ1v) is 10.2. The smallest absolute Gasteiger partial charge is 0.268 e. The van der Waals surface area contributed by atoms with Crippen LogP contribution in [0.3, 0.4) is 0 Å². The van der Waals surface area contributed by atoms with Crippen molar-refractivity contribution in [2.45, 2.75) is 50.6 Å². The van der Waals surface area contributed by atoms with Crippen LogP contribution >= 0.6 is 11.6 Å². The van der Waals surface area contributed by atoms with Crippen molar-refractivity contribution in [3.63, 3.8) is 0 Å². The third-order valence-electron chi connectivity index (χ3n) is 5.36. The fraction of sp³-hybridized carbons (Fsp3) is 0.579. The molecular weight excluding hydrogens is 398 g/mol. The molecule has 1 aromatic rings. The summed E-state index contributed by atoms with van der Waals surface area (Å²) in [5, 5.41) is 8.41. The Morgan fingerprint density at radius 1 is 1.14 bits per heavy atom. The number of hydrogen-bond acceptors (Lipinski definition) is 4. The molecule has 29 heavy (non-hydrogen) atoms. The first-order valence-electron chi connectivity index (χ1n) is 9.86. The molecule has 1 aromatic heterocycles. The van der Waals surface area contributed by atoms with Crippen molar-refractivity contribution in [1.29, 1.82) is 0 Å². The molecule has 0 bridgehead atoms. The molecule has 1 aliphatic heterocycles. The predicted octanol–water partition coefficient (Wildman–Crippen LogP) is 0.453. The van der Waals surface area contributed by atoms with Gasteiger partial charge in [0.15, 0.2) is 0 Å². The van der Waals surface area contributed by atoms with Gasteiger partial charge in [-0.3, -0.25) is 19.2 Å². The van der Waals surface area contributed by atoms with E-state index in [1.165, 1.54) is 6.07 Å². The van der Waals surface area contributed by atoms with Crippen LogP contribution in [0, 0.1) is 11.8 Å². The third kappa shape index (κ3) is 5.96. The average molecular weight is 424 g/mol. The molecular formula is C19H26ClN5O4. The monoisotopic (exact) mass is 423 g/mol. The maximum absolute atomic E-state index is 12.8. The third-order valence-corrected chi connectivity index (χ3v) is 5.58. The summed E-state index contributed by atoms with van der Waals surface area (Å²) in [5.41, 5.74) is 5.71. The lowest BCUT2D eigenvalue weighted by Gasteiger charge is -2.27. The molecule has 6 N–H and O–H groups in total. The number of rotatable bonds is 9. The first kappa shape index (κ1) is 21.2. The maximum atomic E-state index is 12.8. The molecule has 158 valence electrons. The van der Waals surface area contributed by atoms with Crippen LogP contribution in [-0.4, -0.2) is 47.2 Å². The van der Waals surface area contributed by atoms with Gasteiger partial charge in [-0.15, -0.1) is 0 Å². The Balaban J connectivity index is 1.64. The van der Waals surface area contributed by atoms with E-state index in [1.54, 1.807) is 6.07 Å². The predicted molar refractivity (Wildman–Crippen MR) is 106 cm³/mol. The highest BCUT2D eigenvalue weighted by Gasteiger charge is 2.34. The van der Waals surface area contributed by atoms with E-state index < -0.39 is 29.8 Å². The summed E-state index contributed by atoms with van der Waals surface area (Å²) in [7, 11) is 0. The first-order chi connectivity index (χ1) is 13.8. The Hall–Kier alpha value is -2.55. The number of aromatic amines is 1. The normalized spacial score (nSPS) is 21.0. The number of carbonyl (C=O) groups excluding carboxylic acids is 4. The largest absolute Gasteiger partial charge is 0.368 e. The number of primary amides is 1. The van der Waals surface area contributed by atoms with Crippen LogP contribution in [0.2, 0.25) is 5.15 Å². The highest BCUT2D eigenvalue weighted by molar-refractivity contribution is 6.29. The zero-order valence-electron chi connectivity index (χ0n) is 16.0. The van der Waals surface area contributed by atoms with Gasteiger partial charge in [0.05, 0.1) is 0 Å². The number of halogens is 1. The molecule has 2 heterocycles. The Labute approximate surface area is 173 Å². The molecule has 1 aliphatic carbocycles. The van der Waals surface area contributed by atoms with Crippen LogP contribution in [0.1, 0.15) is 49.0 Å². The van der Waals surface area contributed by atoms with Crippen LogP contribution in [-0.2, 0) is 14.4 Å². The number of amides is 4. The van der Waals surface area contributed by atoms with Gasteiger partial charge in [0, 0.05) is 12.5 Å². The minimum absolute atomic E-state index is 0.136. The van der Waals surface area contributed by atoms with E-state index in [9.17, 15) is 19.2 Å². The van der Waals surface area contributed by atoms with Crippen LogP contribution < -0.4 is 21.7 Å². The van der Waals surface area contributed by atoms with Crippen molar-refractivity contribution in [2.75, 3.05) is 6.54 Å². The number of carbonyl (C=O) groups is 4. The molecule has 2 aliphatic rings. The molecule has 9 nitrogen and oxygen atoms in total. The second-order valence-electron chi connectivity index (χ2n) is 7.75. The van der Waals surface area contributed by atoms with Crippen LogP contribution in [0.4, 0.5) is 0 Å². The van der Waals surface area contributed by atoms with Gasteiger partial charge in [0.1, 0.15) is 22.9 Å². The molecule has 0 aromatic carbocycles. The molecule has 3 atom stereocenters. The fourth-order valence-electron chi connectivity index (χ4n) is 3.52.